The van der Waals surface area contributed by atoms with Gasteiger partial charge in [0.15, 0.2) is 0 Å². The highest BCUT2D eigenvalue weighted by atomic mass is 16.1. The largest absolute Gasteiger partial charge is 0.349 e. The monoisotopic (exact) mass is 261 g/mol. The Kier molecular flexibility index (Phi) is 4.93. The second-order valence-corrected chi connectivity index (χ2v) is 5.29. The maximum atomic E-state index is 12.1. The van der Waals surface area contributed by atoms with E-state index in [1.807, 2.05) is 24.3 Å². The number of benzene rings is 1. The number of carbonyl (C=O) groups excluding carboxylic acids is 1. The summed E-state index contributed by atoms with van der Waals surface area (Å²) in [6.07, 6.45) is 2.93. The lowest BCUT2D eigenvalue weighted by Crippen LogP contribution is -2.43. The molecule has 4 heteroatoms. The van der Waals surface area contributed by atoms with Gasteiger partial charge in [-0.25, -0.2) is 0 Å². The summed E-state index contributed by atoms with van der Waals surface area (Å²) < 4.78 is 0. The van der Waals surface area contributed by atoms with Gasteiger partial charge in [0.05, 0.1) is 0 Å². The van der Waals surface area contributed by atoms with E-state index in [2.05, 4.69) is 17.3 Å². The molecule has 0 aromatic heterocycles. The molecule has 1 fully saturated rings. The standard InChI is InChI=1S/C15H23N3O/c1-18-10-7-14(8-11-18)17-15(19)13-4-2-12(3-5-13)6-9-16/h2-5,14H,6-11,16H2,1H3,(H,17,19). The van der Waals surface area contributed by atoms with Gasteiger partial charge in [0.25, 0.3) is 5.91 Å². The van der Waals surface area contributed by atoms with E-state index in [0.717, 1.165) is 37.9 Å². The number of rotatable bonds is 4. The zero-order chi connectivity index (χ0) is 13.7. The Balaban J connectivity index is 1.88. The fraction of sp³-hybridized carbons (Fsp3) is 0.533. The first kappa shape index (κ1) is 14.0. The number of nitrogens with two attached hydrogens (primary N) is 1. The summed E-state index contributed by atoms with van der Waals surface area (Å²) in [5.74, 6) is 0.0360. The molecule has 2 rings (SSSR count). The number of hydrogen-bond donors (Lipinski definition) is 2. The number of nitrogens with zero attached hydrogens (tertiary/aromatic N) is 1. The number of piperidine rings is 1. The van der Waals surface area contributed by atoms with Crippen molar-refractivity contribution in [2.75, 3.05) is 26.7 Å². The fourth-order valence-electron chi connectivity index (χ4n) is 2.41. The van der Waals surface area contributed by atoms with Crippen LogP contribution in [0.2, 0.25) is 0 Å². The predicted molar refractivity (Wildman–Crippen MR) is 77.2 cm³/mol. The number of nitrogens with one attached hydrogen (secondary N) is 1. The van der Waals surface area contributed by atoms with E-state index in [1.54, 1.807) is 0 Å². The molecule has 0 atom stereocenters. The van der Waals surface area contributed by atoms with Crippen LogP contribution in [0.3, 0.4) is 0 Å². The van der Waals surface area contributed by atoms with Gasteiger partial charge in [-0.3, -0.25) is 4.79 Å². The average molecular weight is 261 g/mol. The molecule has 1 aliphatic rings. The van der Waals surface area contributed by atoms with Crippen LogP contribution < -0.4 is 11.1 Å². The number of likely N-dealkylation sites (tertiary alicyclic amines) is 1. The van der Waals surface area contributed by atoms with Crippen molar-refractivity contribution in [1.82, 2.24) is 10.2 Å². The van der Waals surface area contributed by atoms with Crippen LogP contribution >= 0.6 is 0 Å². The van der Waals surface area contributed by atoms with Gasteiger partial charge in [-0.1, -0.05) is 12.1 Å². The van der Waals surface area contributed by atoms with Gasteiger partial charge in [0.1, 0.15) is 0 Å². The molecule has 1 aromatic rings. The lowest BCUT2D eigenvalue weighted by molar-refractivity contribution is 0.0917. The molecule has 19 heavy (non-hydrogen) atoms. The quantitative estimate of drug-likeness (QED) is 0.850. The molecular formula is C15H23N3O. The molecule has 0 bridgehead atoms. The van der Waals surface area contributed by atoms with E-state index in [1.165, 1.54) is 5.56 Å². The van der Waals surface area contributed by atoms with Crippen molar-refractivity contribution in [2.24, 2.45) is 5.73 Å². The minimum absolute atomic E-state index is 0.0360. The van der Waals surface area contributed by atoms with Crippen molar-refractivity contribution >= 4 is 5.91 Å². The second kappa shape index (κ2) is 6.68. The summed E-state index contributed by atoms with van der Waals surface area (Å²) in [4.78, 5) is 14.4. The Labute approximate surface area is 115 Å². The molecule has 0 saturated carbocycles. The molecule has 0 unspecified atom stereocenters. The highest BCUT2D eigenvalue weighted by Crippen LogP contribution is 2.10. The molecule has 0 aliphatic carbocycles. The van der Waals surface area contributed by atoms with Crippen molar-refractivity contribution in [3.05, 3.63) is 35.4 Å². The Morgan fingerprint density at radius 2 is 1.95 bits per heavy atom. The lowest BCUT2D eigenvalue weighted by atomic mass is 10.0. The van der Waals surface area contributed by atoms with E-state index in [4.69, 9.17) is 5.73 Å². The molecule has 104 valence electrons. The van der Waals surface area contributed by atoms with Gasteiger partial charge >= 0.3 is 0 Å². The third kappa shape index (κ3) is 4.04. The molecule has 3 N–H and O–H groups in total. The first-order chi connectivity index (χ1) is 9.19. The molecule has 1 saturated heterocycles. The van der Waals surface area contributed by atoms with Gasteiger partial charge in [0, 0.05) is 11.6 Å². The predicted octanol–water partition coefficient (Wildman–Crippen LogP) is 1.01. The minimum Gasteiger partial charge on any atom is -0.349 e. The average Bonchev–Trinajstić information content (AvgIpc) is 2.42. The van der Waals surface area contributed by atoms with Crippen LogP contribution in [-0.2, 0) is 6.42 Å². The number of amides is 1. The van der Waals surface area contributed by atoms with Gasteiger partial charge in [-0.15, -0.1) is 0 Å². The Morgan fingerprint density at radius 3 is 2.53 bits per heavy atom. The van der Waals surface area contributed by atoms with Crippen molar-refractivity contribution in [3.63, 3.8) is 0 Å². The molecule has 0 radical (unpaired) electrons. The van der Waals surface area contributed by atoms with Crippen LogP contribution in [0.4, 0.5) is 0 Å². The van der Waals surface area contributed by atoms with Crippen LogP contribution in [0.1, 0.15) is 28.8 Å². The highest BCUT2D eigenvalue weighted by molar-refractivity contribution is 5.94. The van der Waals surface area contributed by atoms with Crippen molar-refractivity contribution in [3.8, 4) is 0 Å². The Hall–Kier alpha value is -1.39. The molecule has 4 nitrogen and oxygen atoms in total. The summed E-state index contributed by atoms with van der Waals surface area (Å²) in [6, 6.07) is 8.05. The molecule has 0 spiro atoms. The summed E-state index contributed by atoms with van der Waals surface area (Å²) in [5.41, 5.74) is 7.42. The lowest BCUT2D eigenvalue weighted by Gasteiger charge is -2.29. The molecule has 1 aromatic carbocycles. The normalized spacial score (nSPS) is 17.4. The van der Waals surface area contributed by atoms with Gasteiger partial charge in [-0.05, 0) is 63.6 Å². The van der Waals surface area contributed by atoms with E-state index in [9.17, 15) is 4.79 Å². The summed E-state index contributed by atoms with van der Waals surface area (Å²) in [6.45, 7) is 2.75. The van der Waals surface area contributed by atoms with Crippen LogP contribution in [-0.4, -0.2) is 43.5 Å². The molecule has 1 amide bonds. The van der Waals surface area contributed by atoms with Crippen LogP contribution in [0.5, 0.6) is 0 Å². The van der Waals surface area contributed by atoms with Crippen LogP contribution in [0.15, 0.2) is 24.3 Å². The van der Waals surface area contributed by atoms with Crippen LogP contribution in [0.25, 0.3) is 0 Å². The third-order valence-electron chi connectivity index (χ3n) is 3.70. The fourth-order valence-corrected chi connectivity index (χ4v) is 2.41. The number of hydrogen-bond acceptors (Lipinski definition) is 3. The molecule has 1 heterocycles. The van der Waals surface area contributed by atoms with E-state index in [-0.39, 0.29) is 5.91 Å². The topological polar surface area (TPSA) is 58.4 Å². The maximum absolute atomic E-state index is 12.1. The van der Waals surface area contributed by atoms with Crippen LogP contribution in [0, 0.1) is 0 Å². The highest BCUT2D eigenvalue weighted by Gasteiger charge is 2.18. The Bertz CT molecular complexity index is 408. The Morgan fingerprint density at radius 1 is 1.32 bits per heavy atom. The minimum atomic E-state index is 0.0360. The van der Waals surface area contributed by atoms with E-state index < -0.39 is 0 Å². The zero-order valence-corrected chi connectivity index (χ0v) is 11.6. The van der Waals surface area contributed by atoms with Gasteiger partial charge < -0.3 is 16.0 Å². The summed E-state index contributed by atoms with van der Waals surface area (Å²) in [7, 11) is 2.12. The number of carbonyl (C=O) groups is 1. The van der Waals surface area contributed by atoms with Gasteiger partial charge in [0.2, 0.25) is 0 Å². The second-order valence-electron chi connectivity index (χ2n) is 5.29. The smallest absolute Gasteiger partial charge is 0.251 e. The van der Waals surface area contributed by atoms with Gasteiger partial charge in [-0.2, -0.15) is 0 Å². The van der Waals surface area contributed by atoms with Crippen molar-refractivity contribution in [2.45, 2.75) is 25.3 Å². The first-order valence-corrected chi connectivity index (χ1v) is 6.97. The summed E-state index contributed by atoms with van der Waals surface area (Å²) >= 11 is 0. The van der Waals surface area contributed by atoms with Crippen molar-refractivity contribution in [1.29, 1.82) is 0 Å². The SMILES string of the molecule is CN1CCC(NC(=O)c2ccc(CCN)cc2)CC1. The third-order valence-corrected chi connectivity index (χ3v) is 3.70. The maximum Gasteiger partial charge on any atom is 0.251 e. The van der Waals surface area contributed by atoms with E-state index >= 15 is 0 Å². The summed E-state index contributed by atoms with van der Waals surface area (Å²) in [5, 5.41) is 3.12. The zero-order valence-electron chi connectivity index (χ0n) is 11.6. The van der Waals surface area contributed by atoms with Crippen molar-refractivity contribution < 1.29 is 4.79 Å². The molecular weight excluding hydrogens is 238 g/mol. The van der Waals surface area contributed by atoms with E-state index in [0.29, 0.717) is 12.6 Å². The molecule has 1 aliphatic heterocycles. The first-order valence-electron chi connectivity index (χ1n) is 6.97.